The summed E-state index contributed by atoms with van der Waals surface area (Å²) in [6, 6.07) is 8.47. The highest BCUT2D eigenvalue weighted by molar-refractivity contribution is 7.84. The van der Waals surface area contributed by atoms with Gasteiger partial charge >= 0.3 is 0 Å². The maximum Gasteiger partial charge on any atom is 0.0480 e. The highest BCUT2D eigenvalue weighted by Gasteiger charge is 2.03. The number of fused-ring (bicyclic) bond motifs is 1. The molecule has 72 valence electrons. The van der Waals surface area contributed by atoms with E-state index in [9.17, 15) is 0 Å². The Morgan fingerprint density at radius 2 is 2.21 bits per heavy atom. The summed E-state index contributed by atoms with van der Waals surface area (Å²) in [4.78, 5) is 0.904. The van der Waals surface area contributed by atoms with Crippen molar-refractivity contribution in [2.45, 2.75) is 6.42 Å². The van der Waals surface area contributed by atoms with Crippen molar-refractivity contribution in [1.82, 2.24) is 4.57 Å². The van der Waals surface area contributed by atoms with Crippen molar-refractivity contribution in [3.05, 3.63) is 47.5 Å². The highest BCUT2D eigenvalue weighted by Crippen LogP contribution is 2.22. The summed E-state index contributed by atoms with van der Waals surface area (Å²) in [5, 5.41) is 1.30. The second-order valence-electron chi connectivity index (χ2n) is 3.52. The van der Waals surface area contributed by atoms with E-state index in [1.54, 1.807) is 0 Å². The standard InChI is InChI=1S/C12H13NS/c1-9(14)8-10-4-3-5-12-11(10)6-7-13(12)2/h3-7,14H,1,8H2,2H3. The summed E-state index contributed by atoms with van der Waals surface area (Å²) in [5.74, 6) is 0. The first-order chi connectivity index (χ1) is 6.68. The Hall–Kier alpha value is -1.15. The largest absolute Gasteiger partial charge is 0.351 e. The van der Waals surface area contributed by atoms with E-state index in [0.717, 1.165) is 11.3 Å². The van der Waals surface area contributed by atoms with E-state index < -0.39 is 0 Å². The van der Waals surface area contributed by atoms with Gasteiger partial charge in [-0.05, 0) is 22.6 Å². The molecule has 1 aromatic carbocycles. The van der Waals surface area contributed by atoms with Gasteiger partial charge in [0, 0.05) is 30.6 Å². The van der Waals surface area contributed by atoms with Crippen LogP contribution < -0.4 is 0 Å². The Morgan fingerprint density at radius 3 is 2.93 bits per heavy atom. The van der Waals surface area contributed by atoms with Crippen LogP contribution in [0.15, 0.2) is 41.9 Å². The van der Waals surface area contributed by atoms with E-state index >= 15 is 0 Å². The molecule has 0 saturated heterocycles. The third kappa shape index (κ3) is 1.58. The lowest BCUT2D eigenvalue weighted by Gasteiger charge is -2.03. The minimum atomic E-state index is 0.838. The molecule has 0 radical (unpaired) electrons. The average Bonchev–Trinajstić information content (AvgIpc) is 2.49. The van der Waals surface area contributed by atoms with Gasteiger partial charge < -0.3 is 4.57 Å². The second-order valence-corrected chi connectivity index (χ2v) is 4.15. The quantitative estimate of drug-likeness (QED) is 0.715. The van der Waals surface area contributed by atoms with Crippen LogP contribution in [0.25, 0.3) is 10.9 Å². The molecule has 14 heavy (non-hydrogen) atoms. The predicted octanol–water partition coefficient (Wildman–Crippen LogP) is 3.16. The molecular formula is C12H13NS. The summed E-state index contributed by atoms with van der Waals surface area (Å²) >= 11 is 4.24. The molecule has 0 aliphatic heterocycles. The number of allylic oxidation sites excluding steroid dienone is 1. The molecule has 1 nitrogen and oxygen atoms in total. The van der Waals surface area contributed by atoms with Crippen LogP contribution in [0.5, 0.6) is 0 Å². The molecule has 0 spiro atoms. The fourth-order valence-corrected chi connectivity index (χ4v) is 1.91. The summed E-state index contributed by atoms with van der Waals surface area (Å²) < 4.78 is 2.13. The van der Waals surface area contributed by atoms with Crippen LogP contribution in [0.1, 0.15) is 5.56 Å². The number of thiol groups is 1. The fourth-order valence-electron chi connectivity index (χ4n) is 1.74. The summed E-state index contributed by atoms with van der Waals surface area (Å²) in [5.41, 5.74) is 2.56. The van der Waals surface area contributed by atoms with Crippen molar-refractivity contribution < 1.29 is 0 Å². The average molecular weight is 203 g/mol. The topological polar surface area (TPSA) is 4.93 Å². The van der Waals surface area contributed by atoms with Crippen molar-refractivity contribution in [2.24, 2.45) is 7.05 Å². The molecule has 0 aliphatic carbocycles. The van der Waals surface area contributed by atoms with Crippen LogP contribution in [0.3, 0.4) is 0 Å². The maximum atomic E-state index is 4.24. The zero-order valence-electron chi connectivity index (χ0n) is 8.20. The first-order valence-electron chi connectivity index (χ1n) is 4.58. The van der Waals surface area contributed by atoms with Gasteiger partial charge in [0.25, 0.3) is 0 Å². The molecule has 2 rings (SSSR count). The first-order valence-corrected chi connectivity index (χ1v) is 5.03. The lowest BCUT2D eigenvalue weighted by atomic mass is 10.1. The van der Waals surface area contributed by atoms with Gasteiger partial charge in [0.05, 0.1) is 0 Å². The Morgan fingerprint density at radius 1 is 1.43 bits per heavy atom. The van der Waals surface area contributed by atoms with Crippen molar-refractivity contribution >= 4 is 23.5 Å². The normalized spacial score (nSPS) is 10.7. The Bertz CT molecular complexity index is 482. The molecule has 1 heterocycles. The summed E-state index contributed by atoms with van der Waals surface area (Å²) in [6.07, 6.45) is 2.92. The van der Waals surface area contributed by atoms with Crippen molar-refractivity contribution in [1.29, 1.82) is 0 Å². The molecule has 0 bridgehead atoms. The van der Waals surface area contributed by atoms with E-state index in [1.807, 2.05) is 0 Å². The molecule has 0 unspecified atom stereocenters. The van der Waals surface area contributed by atoms with Gasteiger partial charge in [-0.3, -0.25) is 0 Å². The summed E-state index contributed by atoms with van der Waals surface area (Å²) in [7, 11) is 2.06. The molecule has 2 aromatic rings. The Labute approximate surface area is 89.5 Å². The van der Waals surface area contributed by atoms with E-state index in [4.69, 9.17) is 0 Å². The molecule has 0 amide bonds. The SMILES string of the molecule is C=C(S)Cc1cccc2c1ccn2C. The number of aryl methyl sites for hydroxylation is 1. The number of hydrogen-bond acceptors (Lipinski definition) is 1. The Balaban J connectivity index is 2.59. The molecule has 0 fully saturated rings. The van der Waals surface area contributed by atoms with Gasteiger partial charge in [0.15, 0.2) is 0 Å². The van der Waals surface area contributed by atoms with Crippen LogP contribution in [0, 0.1) is 0 Å². The molecular weight excluding hydrogens is 190 g/mol. The van der Waals surface area contributed by atoms with Crippen LogP contribution in [-0.4, -0.2) is 4.57 Å². The van der Waals surface area contributed by atoms with Gasteiger partial charge in [0.1, 0.15) is 0 Å². The summed E-state index contributed by atoms with van der Waals surface area (Å²) in [6.45, 7) is 3.82. The highest BCUT2D eigenvalue weighted by atomic mass is 32.1. The first kappa shape index (κ1) is 9.41. The smallest absolute Gasteiger partial charge is 0.0480 e. The van der Waals surface area contributed by atoms with Crippen molar-refractivity contribution in [2.75, 3.05) is 0 Å². The predicted molar refractivity (Wildman–Crippen MR) is 64.7 cm³/mol. The van der Waals surface area contributed by atoms with Gasteiger partial charge in [-0.15, -0.1) is 12.6 Å². The van der Waals surface area contributed by atoms with Gasteiger partial charge in [-0.2, -0.15) is 0 Å². The molecule has 0 aliphatic rings. The van der Waals surface area contributed by atoms with E-state index in [0.29, 0.717) is 0 Å². The maximum absolute atomic E-state index is 4.24. The Kier molecular flexibility index (Phi) is 2.38. The molecule has 1 aromatic heterocycles. The minimum Gasteiger partial charge on any atom is -0.351 e. The van der Waals surface area contributed by atoms with Gasteiger partial charge in [-0.1, -0.05) is 18.7 Å². The van der Waals surface area contributed by atoms with E-state index in [-0.39, 0.29) is 0 Å². The zero-order valence-corrected chi connectivity index (χ0v) is 9.09. The van der Waals surface area contributed by atoms with Crippen molar-refractivity contribution in [3.63, 3.8) is 0 Å². The van der Waals surface area contributed by atoms with Crippen LogP contribution in [0.2, 0.25) is 0 Å². The van der Waals surface area contributed by atoms with Crippen molar-refractivity contribution in [3.8, 4) is 0 Å². The zero-order chi connectivity index (χ0) is 10.1. The monoisotopic (exact) mass is 203 g/mol. The number of hydrogen-bond donors (Lipinski definition) is 1. The fraction of sp³-hybridized carbons (Fsp3) is 0.167. The lowest BCUT2D eigenvalue weighted by molar-refractivity contribution is 0.969. The number of aromatic nitrogens is 1. The molecule has 0 N–H and O–H groups in total. The van der Waals surface area contributed by atoms with E-state index in [2.05, 4.69) is 61.3 Å². The lowest BCUT2D eigenvalue weighted by Crippen LogP contribution is -1.87. The van der Waals surface area contributed by atoms with Gasteiger partial charge in [-0.25, -0.2) is 0 Å². The number of nitrogens with zero attached hydrogens (tertiary/aromatic N) is 1. The number of benzene rings is 1. The van der Waals surface area contributed by atoms with Crippen LogP contribution in [0.4, 0.5) is 0 Å². The van der Waals surface area contributed by atoms with Gasteiger partial charge in [0.2, 0.25) is 0 Å². The molecule has 2 heteroatoms. The van der Waals surface area contributed by atoms with Crippen LogP contribution in [-0.2, 0) is 13.5 Å². The molecule has 0 saturated carbocycles. The van der Waals surface area contributed by atoms with E-state index in [1.165, 1.54) is 16.5 Å². The molecule has 0 atom stereocenters. The number of rotatable bonds is 2. The minimum absolute atomic E-state index is 0.838. The third-order valence-electron chi connectivity index (χ3n) is 2.41. The third-order valence-corrected chi connectivity index (χ3v) is 2.57. The van der Waals surface area contributed by atoms with Crippen LogP contribution >= 0.6 is 12.6 Å². The second kappa shape index (κ2) is 3.54.